The second kappa shape index (κ2) is 12.9. The molecule has 1 saturated heterocycles. The number of para-hydroxylation sites is 2. The molecule has 2 N–H and O–H groups in total. The van der Waals surface area contributed by atoms with E-state index in [2.05, 4.69) is 41.3 Å². The standard InChI is InChI=1S/C31H40N4O3/c1-21(2)16-17-29(37)32-26(28(36)19-22(3)31-33-24-13-7-8-14-25(24)34-31)20-30(38)35-18-10-9-15-27(35)23-11-5-4-6-12-23/h4-8,11-14,21-22,26-27H,9-10,15-20H2,1-3H3,(H,32,37)(H,33,34)/t22-,26+,27-/m1/s1. The molecule has 0 aliphatic carbocycles. The molecular formula is C31H40N4O3. The lowest BCUT2D eigenvalue weighted by atomic mass is 9.93. The molecule has 38 heavy (non-hydrogen) atoms. The fourth-order valence-electron chi connectivity index (χ4n) is 5.22. The summed E-state index contributed by atoms with van der Waals surface area (Å²) in [6, 6.07) is 17.0. The van der Waals surface area contributed by atoms with E-state index in [1.165, 1.54) is 0 Å². The quantitative estimate of drug-likeness (QED) is 0.342. The Morgan fingerprint density at radius 2 is 1.74 bits per heavy atom. The number of hydrogen-bond acceptors (Lipinski definition) is 4. The Bertz CT molecular complexity index is 1200. The Morgan fingerprint density at radius 3 is 2.47 bits per heavy atom. The second-order valence-corrected chi connectivity index (χ2v) is 11.0. The topological polar surface area (TPSA) is 95.2 Å². The molecule has 1 aliphatic heterocycles. The van der Waals surface area contributed by atoms with Crippen molar-refractivity contribution >= 4 is 28.6 Å². The summed E-state index contributed by atoms with van der Waals surface area (Å²) >= 11 is 0. The molecule has 0 unspecified atom stereocenters. The first-order chi connectivity index (χ1) is 18.3. The van der Waals surface area contributed by atoms with Crippen molar-refractivity contribution in [1.29, 1.82) is 0 Å². The largest absolute Gasteiger partial charge is 0.346 e. The molecule has 202 valence electrons. The average Bonchev–Trinajstić information content (AvgIpc) is 3.36. The van der Waals surface area contributed by atoms with Crippen molar-refractivity contribution in [1.82, 2.24) is 20.2 Å². The average molecular weight is 517 g/mol. The van der Waals surface area contributed by atoms with Crippen LogP contribution in [0.25, 0.3) is 11.0 Å². The van der Waals surface area contributed by atoms with E-state index >= 15 is 0 Å². The van der Waals surface area contributed by atoms with Crippen LogP contribution in [0.1, 0.15) is 89.1 Å². The van der Waals surface area contributed by atoms with E-state index in [1.54, 1.807) is 0 Å². The monoisotopic (exact) mass is 516 g/mol. The van der Waals surface area contributed by atoms with Gasteiger partial charge in [0.2, 0.25) is 11.8 Å². The van der Waals surface area contributed by atoms with E-state index in [1.807, 2.05) is 54.3 Å². The molecule has 1 fully saturated rings. The van der Waals surface area contributed by atoms with Crippen molar-refractivity contribution in [3.63, 3.8) is 0 Å². The summed E-state index contributed by atoms with van der Waals surface area (Å²) in [7, 11) is 0. The van der Waals surface area contributed by atoms with E-state index in [0.29, 0.717) is 18.9 Å². The molecule has 0 spiro atoms. The van der Waals surface area contributed by atoms with E-state index in [9.17, 15) is 14.4 Å². The lowest BCUT2D eigenvalue weighted by Crippen LogP contribution is -2.47. The number of benzene rings is 2. The Labute approximate surface area is 225 Å². The molecule has 7 nitrogen and oxygen atoms in total. The van der Waals surface area contributed by atoms with Gasteiger partial charge in [-0.15, -0.1) is 0 Å². The number of amides is 2. The highest BCUT2D eigenvalue weighted by atomic mass is 16.2. The maximum atomic E-state index is 13.6. The predicted octanol–water partition coefficient (Wildman–Crippen LogP) is 5.69. The second-order valence-electron chi connectivity index (χ2n) is 11.0. The SMILES string of the molecule is CC(C)CCC(=O)N[C@@H](CC(=O)N1CCCC[C@@H]1c1ccccc1)C(=O)C[C@@H](C)c1nc2ccccc2[nH]1. The maximum absolute atomic E-state index is 13.6. The van der Waals surface area contributed by atoms with Gasteiger partial charge in [-0.05, 0) is 49.3 Å². The van der Waals surface area contributed by atoms with E-state index in [4.69, 9.17) is 0 Å². The summed E-state index contributed by atoms with van der Waals surface area (Å²) in [6.45, 7) is 6.74. The van der Waals surface area contributed by atoms with Crippen molar-refractivity contribution in [3.05, 3.63) is 66.0 Å². The molecule has 3 aromatic rings. The number of ketones is 1. The molecule has 7 heteroatoms. The van der Waals surface area contributed by atoms with Gasteiger partial charge in [-0.3, -0.25) is 14.4 Å². The van der Waals surface area contributed by atoms with Crippen LogP contribution >= 0.6 is 0 Å². The molecule has 0 saturated carbocycles. The van der Waals surface area contributed by atoms with Gasteiger partial charge in [0.25, 0.3) is 0 Å². The minimum atomic E-state index is -0.854. The van der Waals surface area contributed by atoms with Gasteiger partial charge in [0, 0.05) is 25.3 Å². The number of fused-ring (bicyclic) bond motifs is 1. The summed E-state index contributed by atoms with van der Waals surface area (Å²) in [5.74, 6) is 0.530. The fourth-order valence-corrected chi connectivity index (χ4v) is 5.22. The lowest BCUT2D eigenvalue weighted by molar-refractivity contribution is -0.138. The number of aromatic amines is 1. The predicted molar refractivity (Wildman–Crippen MR) is 149 cm³/mol. The molecule has 0 bridgehead atoms. The van der Waals surface area contributed by atoms with Crippen molar-refractivity contribution in [3.8, 4) is 0 Å². The molecule has 2 aromatic carbocycles. The lowest BCUT2D eigenvalue weighted by Gasteiger charge is -2.37. The molecule has 2 heterocycles. The first-order valence-corrected chi connectivity index (χ1v) is 13.9. The summed E-state index contributed by atoms with van der Waals surface area (Å²) in [4.78, 5) is 49.8. The number of imidazole rings is 1. The Hall–Kier alpha value is -3.48. The Balaban J connectivity index is 1.49. The molecule has 2 amide bonds. The van der Waals surface area contributed by atoms with Gasteiger partial charge in [-0.25, -0.2) is 4.98 Å². The van der Waals surface area contributed by atoms with Crippen LogP contribution in [0.4, 0.5) is 0 Å². The van der Waals surface area contributed by atoms with Crippen LogP contribution in [0.5, 0.6) is 0 Å². The number of likely N-dealkylation sites (tertiary alicyclic amines) is 1. The van der Waals surface area contributed by atoms with Crippen LogP contribution in [0.15, 0.2) is 54.6 Å². The van der Waals surface area contributed by atoms with Crippen LogP contribution in [-0.4, -0.2) is 45.1 Å². The number of H-pyrrole nitrogens is 1. The van der Waals surface area contributed by atoms with E-state index in [-0.39, 0.29) is 42.4 Å². The molecule has 3 atom stereocenters. The van der Waals surface area contributed by atoms with Gasteiger partial charge in [0.1, 0.15) is 5.82 Å². The van der Waals surface area contributed by atoms with Gasteiger partial charge in [-0.2, -0.15) is 0 Å². The zero-order valence-electron chi connectivity index (χ0n) is 22.8. The minimum Gasteiger partial charge on any atom is -0.346 e. The van der Waals surface area contributed by atoms with Gasteiger partial charge in [-0.1, -0.05) is 63.2 Å². The first kappa shape index (κ1) is 27.6. The van der Waals surface area contributed by atoms with Gasteiger partial charge in [0.15, 0.2) is 5.78 Å². The third-order valence-corrected chi connectivity index (χ3v) is 7.44. The highest BCUT2D eigenvalue weighted by molar-refractivity contribution is 5.93. The van der Waals surface area contributed by atoms with Crippen LogP contribution in [0.3, 0.4) is 0 Å². The normalized spacial score (nSPS) is 17.4. The zero-order valence-corrected chi connectivity index (χ0v) is 22.8. The fraction of sp³-hybridized carbons (Fsp3) is 0.484. The number of Topliss-reactive ketones (excluding diaryl/α,β-unsaturated/α-hetero) is 1. The number of rotatable bonds is 11. The number of nitrogens with one attached hydrogen (secondary N) is 2. The summed E-state index contributed by atoms with van der Waals surface area (Å²) < 4.78 is 0. The third-order valence-electron chi connectivity index (χ3n) is 7.44. The van der Waals surface area contributed by atoms with Crippen molar-refractivity contribution in [2.75, 3.05) is 6.54 Å². The first-order valence-electron chi connectivity index (χ1n) is 13.9. The number of carbonyl (C=O) groups is 3. The highest BCUT2D eigenvalue weighted by Gasteiger charge is 2.32. The third kappa shape index (κ3) is 7.09. The number of carbonyl (C=O) groups excluding carboxylic acids is 3. The van der Waals surface area contributed by atoms with Crippen LogP contribution in [0, 0.1) is 5.92 Å². The molecule has 4 rings (SSSR count). The molecular weight excluding hydrogens is 476 g/mol. The van der Waals surface area contributed by atoms with E-state index < -0.39 is 6.04 Å². The molecule has 0 radical (unpaired) electrons. The van der Waals surface area contributed by atoms with Gasteiger partial charge < -0.3 is 15.2 Å². The Kier molecular flexibility index (Phi) is 9.32. The number of hydrogen-bond donors (Lipinski definition) is 2. The van der Waals surface area contributed by atoms with E-state index in [0.717, 1.165) is 48.1 Å². The molecule has 1 aliphatic rings. The van der Waals surface area contributed by atoms with Crippen LogP contribution in [-0.2, 0) is 14.4 Å². The van der Waals surface area contributed by atoms with Gasteiger partial charge in [0.05, 0.1) is 29.5 Å². The van der Waals surface area contributed by atoms with Crippen molar-refractivity contribution in [2.24, 2.45) is 5.92 Å². The smallest absolute Gasteiger partial charge is 0.225 e. The molecule has 1 aromatic heterocycles. The minimum absolute atomic E-state index is 0.000633. The number of nitrogens with zero attached hydrogens (tertiary/aromatic N) is 2. The zero-order chi connectivity index (χ0) is 27.1. The maximum Gasteiger partial charge on any atom is 0.225 e. The summed E-state index contributed by atoms with van der Waals surface area (Å²) in [6.07, 6.45) is 4.14. The van der Waals surface area contributed by atoms with Crippen LogP contribution in [0.2, 0.25) is 0 Å². The summed E-state index contributed by atoms with van der Waals surface area (Å²) in [5, 5.41) is 2.91. The summed E-state index contributed by atoms with van der Waals surface area (Å²) in [5.41, 5.74) is 2.89. The van der Waals surface area contributed by atoms with Crippen molar-refractivity contribution < 1.29 is 14.4 Å². The highest BCUT2D eigenvalue weighted by Crippen LogP contribution is 2.31. The van der Waals surface area contributed by atoms with Crippen LogP contribution < -0.4 is 5.32 Å². The number of aromatic nitrogens is 2. The number of piperidine rings is 1. The Morgan fingerprint density at radius 1 is 1.00 bits per heavy atom. The van der Waals surface area contributed by atoms with Gasteiger partial charge >= 0.3 is 0 Å². The van der Waals surface area contributed by atoms with Crippen molar-refractivity contribution in [2.45, 2.75) is 83.7 Å².